The first-order valence-corrected chi connectivity index (χ1v) is 7.53. The molecule has 0 spiro atoms. The molecule has 0 aliphatic carbocycles. The van der Waals surface area contributed by atoms with E-state index in [1.165, 1.54) is 0 Å². The summed E-state index contributed by atoms with van der Waals surface area (Å²) in [5.74, 6) is 1.68. The van der Waals surface area contributed by atoms with Gasteiger partial charge in [-0.25, -0.2) is 4.98 Å². The number of hydrogen-bond donors (Lipinski definition) is 3. The molecule has 0 aliphatic rings. The van der Waals surface area contributed by atoms with Crippen LogP contribution in [0.5, 0.6) is 0 Å². The normalized spacial score (nSPS) is 14.1. The number of aliphatic hydroxyl groups is 1. The van der Waals surface area contributed by atoms with Crippen LogP contribution < -0.4 is 10.6 Å². The van der Waals surface area contributed by atoms with E-state index >= 15 is 0 Å². The number of thioether (sulfide) groups is 1. The van der Waals surface area contributed by atoms with E-state index in [-0.39, 0.29) is 0 Å². The zero-order valence-electron chi connectivity index (χ0n) is 10.6. The topological polar surface area (TPSA) is 57.2 Å². The Morgan fingerprint density at radius 3 is 2.56 bits per heavy atom. The second-order valence-electron chi connectivity index (χ2n) is 4.18. The summed E-state index contributed by atoms with van der Waals surface area (Å²) < 4.78 is 0. The summed E-state index contributed by atoms with van der Waals surface area (Å²) >= 11 is 13.6. The molecular weight excluding hydrogens is 293 g/mol. The van der Waals surface area contributed by atoms with Crippen molar-refractivity contribution in [1.29, 1.82) is 0 Å². The molecule has 0 amide bonds. The molecule has 0 saturated carbocycles. The SMILES string of the molecule is CNc1nc(NCC(C)(O)CSC)c(Cl)cc1Cl. The summed E-state index contributed by atoms with van der Waals surface area (Å²) in [5.41, 5.74) is -0.816. The summed E-state index contributed by atoms with van der Waals surface area (Å²) in [6.45, 7) is 2.13. The third-order valence-corrected chi connectivity index (χ3v) is 3.75. The van der Waals surface area contributed by atoms with E-state index in [2.05, 4.69) is 15.6 Å². The third kappa shape index (κ3) is 4.39. The highest BCUT2D eigenvalue weighted by Gasteiger charge is 2.20. The molecule has 0 radical (unpaired) electrons. The Morgan fingerprint density at radius 1 is 1.39 bits per heavy atom. The molecule has 0 aliphatic heterocycles. The van der Waals surface area contributed by atoms with Gasteiger partial charge in [-0.2, -0.15) is 11.8 Å². The monoisotopic (exact) mass is 309 g/mol. The van der Waals surface area contributed by atoms with E-state index in [4.69, 9.17) is 23.2 Å². The third-order valence-electron chi connectivity index (χ3n) is 2.26. The van der Waals surface area contributed by atoms with Gasteiger partial charge in [0.2, 0.25) is 0 Å². The minimum Gasteiger partial charge on any atom is -0.387 e. The van der Waals surface area contributed by atoms with Gasteiger partial charge in [-0.3, -0.25) is 0 Å². The van der Waals surface area contributed by atoms with Crippen LogP contribution in [-0.2, 0) is 0 Å². The van der Waals surface area contributed by atoms with Crippen LogP contribution in [0.25, 0.3) is 0 Å². The van der Waals surface area contributed by atoms with Crippen molar-refractivity contribution in [2.75, 3.05) is 36.2 Å². The van der Waals surface area contributed by atoms with Gasteiger partial charge in [0.15, 0.2) is 0 Å². The molecule has 0 saturated heterocycles. The molecule has 0 aromatic carbocycles. The molecule has 1 aromatic rings. The maximum absolute atomic E-state index is 10.1. The van der Waals surface area contributed by atoms with Crippen molar-refractivity contribution in [2.45, 2.75) is 12.5 Å². The molecule has 1 heterocycles. The van der Waals surface area contributed by atoms with Crippen LogP contribution in [-0.4, -0.2) is 41.3 Å². The van der Waals surface area contributed by atoms with Crippen LogP contribution in [0.1, 0.15) is 6.92 Å². The molecule has 7 heteroatoms. The summed E-state index contributed by atoms with van der Waals surface area (Å²) in [6.07, 6.45) is 1.95. The lowest BCUT2D eigenvalue weighted by atomic mass is 10.1. The van der Waals surface area contributed by atoms with Crippen molar-refractivity contribution in [3.63, 3.8) is 0 Å². The van der Waals surface area contributed by atoms with Gasteiger partial charge in [0.05, 0.1) is 15.6 Å². The van der Waals surface area contributed by atoms with Crippen LogP contribution in [0.3, 0.4) is 0 Å². The number of aromatic nitrogens is 1. The van der Waals surface area contributed by atoms with Crippen LogP contribution in [0.4, 0.5) is 11.6 Å². The summed E-state index contributed by atoms with van der Waals surface area (Å²) in [7, 11) is 1.73. The van der Waals surface area contributed by atoms with Crippen LogP contribution >= 0.6 is 35.0 Å². The fraction of sp³-hybridized carbons (Fsp3) is 0.545. The number of nitrogens with one attached hydrogen (secondary N) is 2. The van der Waals surface area contributed by atoms with Crippen molar-refractivity contribution in [3.05, 3.63) is 16.1 Å². The molecule has 18 heavy (non-hydrogen) atoms. The van der Waals surface area contributed by atoms with Gasteiger partial charge in [-0.05, 0) is 19.2 Å². The molecule has 3 N–H and O–H groups in total. The lowest BCUT2D eigenvalue weighted by Crippen LogP contribution is -2.36. The number of nitrogens with zero attached hydrogens (tertiary/aromatic N) is 1. The first kappa shape index (κ1) is 15.7. The highest BCUT2D eigenvalue weighted by Crippen LogP contribution is 2.29. The van der Waals surface area contributed by atoms with Crippen LogP contribution in [0.15, 0.2) is 6.07 Å². The van der Waals surface area contributed by atoms with Gasteiger partial charge in [-0.1, -0.05) is 23.2 Å². The summed E-state index contributed by atoms with van der Waals surface area (Å²) in [4.78, 5) is 4.25. The highest BCUT2D eigenvalue weighted by molar-refractivity contribution is 7.98. The molecular formula is C11H17Cl2N3OS. The second-order valence-corrected chi connectivity index (χ2v) is 5.86. The number of anilines is 2. The van der Waals surface area contributed by atoms with Gasteiger partial charge in [-0.15, -0.1) is 0 Å². The van der Waals surface area contributed by atoms with Crippen LogP contribution in [0.2, 0.25) is 10.0 Å². The average molecular weight is 310 g/mol. The molecule has 1 atom stereocenters. The molecule has 1 rings (SSSR count). The zero-order valence-corrected chi connectivity index (χ0v) is 12.9. The van der Waals surface area contributed by atoms with Gasteiger partial charge in [0, 0.05) is 19.3 Å². The molecule has 0 bridgehead atoms. The van der Waals surface area contributed by atoms with Crippen molar-refractivity contribution >= 4 is 46.6 Å². The first-order valence-electron chi connectivity index (χ1n) is 5.38. The van der Waals surface area contributed by atoms with E-state index in [1.807, 2.05) is 6.26 Å². The van der Waals surface area contributed by atoms with E-state index < -0.39 is 5.60 Å². The van der Waals surface area contributed by atoms with Crippen molar-refractivity contribution < 1.29 is 5.11 Å². The Hall–Kier alpha value is -0.360. The predicted molar refractivity (Wildman–Crippen MR) is 81.3 cm³/mol. The molecule has 1 unspecified atom stereocenters. The Bertz CT molecular complexity index is 416. The quantitative estimate of drug-likeness (QED) is 0.754. The minimum absolute atomic E-state index is 0.366. The highest BCUT2D eigenvalue weighted by atomic mass is 35.5. The summed E-state index contributed by atoms with van der Waals surface area (Å²) in [6, 6.07) is 1.62. The number of halogens is 2. The maximum atomic E-state index is 10.1. The average Bonchev–Trinajstić information content (AvgIpc) is 2.28. The van der Waals surface area contributed by atoms with Crippen molar-refractivity contribution in [2.24, 2.45) is 0 Å². The Labute approximate surface area is 121 Å². The van der Waals surface area contributed by atoms with Crippen molar-refractivity contribution in [3.8, 4) is 0 Å². The van der Waals surface area contributed by atoms with Crippen LogP contribution in [0, 0.1) is 0 Å². The Morgan fingerprint density at radius 2 is 2.00 bits per heavy atom. The predicted octanol–water partition coefficient (Wildman–Crippen LogP) is 2.96. The fourth-order valence-corrected chi connectivity index (χ4v) is 2.65. The Kier molecular flexibility index (Phi) is 5.85. The van der Waals surface area contributed by atoms with Gasteiger partial charge in [0.25, 0.3) is 0 Å². The van der Waals surface area contributed by atoms with Gasteiger partial charge >= 0.3 is 0 Å². The molecule has 0 fully saturated rings. The minimum atomic E-state index is -0.816. The lowest BCUT2D eigenvalue weighted by Gasteiger charge is -2.23. The van der Waals surface area contributed by atoms with Gasteiger partial charge in [0.1, 0.15) is 11.6 Å². The fourth-order valence-electron chi connectivity index (χ4n) is 1.40. The standard InChI is InChI=1S/C11H17Cl2N3OS/c1-11(17,6-18-3)5-15-10-8(13)4-7(12)9(14-2)16-10/h4,17H,5-6H2,1-3H3,(H2,14,15,16). The molecule has 102 valence electrons. The molecule has 4 nitrogen and oxygen atoms in total. The first-order chi connectivity index (χ1) is 8.39. The van der Waals surface area contributed by atoms with E-state index in [9.17, 15) is 5.11 Å². The second kappa shape index (κ2) is 6.70. The number of hydrogen-bond acceptors (Lipinski definition) is 5. The smallest absolute Gasteiger partial charge is 0.147 e. The van der Waals surface area contributed by atoms with E-state index in [1.54, 1.807) is 31.8 Å². The molecule has 1 aromatic heterocycles. The largest absolute Gasteiger partial charge is 0.387 e. The number of rotatable bonds is 6. The summed E-state index contributed by atoms with van der Waals surface area (Å²) in [5, 5.41) is 16.9. The lowest BCUT2D eigenvalue weighted by molar-refractivity contribution is 0.0996. The van der Waals surface area contributed by atoms with Crippen molar-refractivity contribution in [1.82, 2.24) is 4.98 Å². The Balaban J connectivity index is 2.79. The number of pyridine rings is 1. The maximum Gasteiger partial charge on any atom is 0.147 e. The zero-order chi connectivity index (χ0) is 13.8. The van der Waals surface area contributed by atoms with E-state index in [0.717, 1.165) is 0 Å². The van der Waals surface area contributed by atoms with E-state index in [0.29, 0.717) is 34.0 Å². The van der Waals surface area contributed by atoms with Gasteiger partial charge < -0.3 is 15.7 Å².